The van der Waals surface area contributed by atoms with E-state index in [1.807, 2.05) is 0 Å². The number of ether oxygens (including phenoxy) is 1. The van der Waals surface area contributed by atoms with Crippen LogP contribution >= 0.6 is 11.6 Å². The van der Waals surface area contributed by atoms with Crippen LogP contribution in [-0.2, 0) is 11.3 Å². The number of carbonyl (C=O) groups is 2. The van der Waals surface area contributed by atoms with E-state index in [0.29, 0.717) is 11.3 Å². The molecule has 1 N–H and O–H groups in total. The number of nitro benzene ring substituents is 1. The zero-order valence-electron chi connectivity index (χ0n) is 13.3. The summed E-state index contributed by atoms with van der Waals surface area (Å²) in [7, 11) is 0. The van der Waals surface area contributed by atoms with Gasteiger partial charge in [-0.2, -0.15) is 0 Å². The number of nitrogens with zero attached hydrogens (tertiary/aromatic N) is 1. The first kappa shape index (κ1) is 18.4. The van der Waals surface area contributed by atoms with Crippen molar-refractivity contribution in [3.8, 4) is 5.75 Å². The molecule has 0 heterocycles. The molecule has 7 nitrogen and oxygen atoms in total. The zero-order chi connectivity index (χ0) is 18.4. The van der Waals surface area contributed by atoms with Gasteiger partial charge in [-0.3, -0.25) is 19.7 Å². The Balaban J connectivity index is 2.02. The lowest BCUT2D eigenvalue weighted by Crippen LogP contribution is -2.36. The lowest BCUT2D eigenvalue weighted by Gasteiger charge is -2.16. The average Bonchev–Trinajstić information content (AvgIpc) is 2.60. The summed E-state index contributed by atoms with van der Waals surface area (Å²) in [4.78, 5) is 33.3. The Labute approximate surface area is 148 Å². The largest absolute Gasteiger partial charge is 0.480 e. The predicted octanol–water partition coefficient (Wildman–Crippen LogP) is 3.14. The highest BCUT2D eigenvalue weighted by molar-refractivity contribution is 6.31. The predicted molar refractivity (Wildman–Crippen MR) is 91.9 cm³/mol. The van der Waals surface area contributed by atoms with E-state index >= 15 is 0 Å². The second kappa shape index (κ2) is 8.25. The third-order valence-electron chi connectivity index (χ3n) is 3.42. The number of amides is 1. The van der Waals surface area contributed by atoms with Gasteiger partial charge in [0.2, 0.25) is 0 Å². The van der Waals surface area contributed by atoms with Gasteiger partial charge in [-0.1, -0.05) is 29.8 Å². The van der Waals surface area contributed by atoms with E-state index in [4.69, 9.17) is 16.3 Å². The summed E-state index contributed by atoms with van der Waals surface area (Å²) < 4.78 is 5.45. The molecule has 0 aliphatic carbocycles. The minimum absolute atomic E-state index is 0.0000428. The molecule has 130 valence electrons. The van der Waals surface area contributed by atoms with Gasteiger partial charge in [0.15, 0.2) is 12.4 Å². The van der Waals surface area contributed by atoms with E-state index in [2.05, 4.69) is 5.32 Å². The molecule has 0 unspecified atom stereocenters. The molecule has 0 radical (unpaired) electrons. The van der Waals surface area contributed by atoms with Crippen LogP contribution in [0.3, 0.4) is 0 Å². The van der Waals surface area contributed by atoms with Crippen molar-refractivity contribution in [1.82, 2.24) is 5.32 Å². The number of carbonyl (C=O) groups excluding carboxylic acids is 2. The summed E-state index contributed by atoms with van der Waals surface area (Å²) in [5.74, 6) is -0.309. The number of hydrogen-bond donors (Lipinski definition) is 1. The number of non-ortho nitro benzene ring substituents is 1. The fourth-order valence-electron chi connectivity index (χ4n) is 2.06. The Morgan fingerprint density at radius 3 is 2.72 bits per heavy atom. The van der Waals surface area contributed by atoms with Crippen molar-refractivity contribution in [3.05, 3.63) is 68.7 Å². The number of nitro groups is 1. The van der Waals surface area contributed by atoms with Crippen LogP contribution in [0.5, 0.6) is 5.75 Å². The smallest absolute Gasteiger partial charge is 0.270 e. The molecule has 0 saturated heterocycles. The number of benzene rings is 2. The van der Waals surface area contributed by atoms with Crippen molar-refractivity contribution < 1.29 is 19.2 Å². The molecule has 0 aliphatic heterocycles. The van der Waals surface area contributed by atoms with E-state index in [1.54, 1.807) is 24.3 Å². The third-order valence-corrected chi connectivity index (χ3v) is 3.78. The van der Waals surface area contributed by atoms with Crippen LogP contribution in [0.2, 0.25) is 5.02 Å². The second-order valence-corrected chi connectivity index (χ2v) is 5.57. The standard InChI is InChI=1S/C17H15ClN2O5/c1-11(17(22)19-9-12-4-2-3-5-15(12)18)25-16-7-6-14(20(23)24)8-13(16)10-21/h2-8,10-11H,9H2,1H3,(H,19,22)/t11-/m1/s1. The quantitative estimate of drug-likeness (QED) is 0.463. The van der Waals surface area contributed by atoms with Gasteiger partial charge in [-0.05, 0) is 24.6 Å². The molecule has 2 aromatic rings. The fraction of sp³-hybridized carbons (Fsp3) is 0.176. The van der Waals surface area contributed by atoms with Crippen molar-refractivity contribution in [2.45, 2.75) is 19.6 Å². The van der Waals surface area contributed by atoms with Crippen LogP contribution < -0.4 is 10.1 Å². The number of hydrogen-bond acceptors (Lipinski definition) is 5. The zero-order valence-corrected chi connectivity index (χ0v) is 14.0. The van der Waals surface area contributed by atoms with Gasteiger partial charge in [-0.25, -0.2) is 0 Å². The number of aldehydes is 1. The van der Waals surface area contributed by atoms with Gasteiger partial charge < -0.3 is 10.1 Å². The van der Waals surface area contributed by atoms with Crippen molar-refractivity contribution in [2.24, 2.45) is 0 Å². The molecule has 2 rings (SSSR count). The molecular weight excluding hydrogens is 348 g/mol. The maximum Gasteiger partial charge on any atom is 0.270 e. The summed E-state index contributed by atoms with van der Waals surface area (Å²) in [6, 6.07) is 10.7. The van der Waals surface area contributed by atoms with Crippen LogP contribution in [0.15, 0.2) is 42.5 Å². The summed E-state index contributed by atoms with van der Waals surface area (Å²) in [6.07, 6.45) is -0.459. The van der Waals surface area contributed by atoms with Crippen LogP contribution in [0, 0.1) is 10.1 Å². The first-order valence-corrected chi connectivity index (χ1v) is 7.71. The molecule has 0 bridgehead atoms. The average molecular weight is 363 g/mol. The van der Waals surface area contributed by atoms with Crippen molar-refractivity contribution in [1.29, 1.82) is 0 Å². The Morgan fingerprint density at radius 1 is 1.36 bits per heavy atom. The van der Waals surface area contributed by atoms with Crippen LogP contribution in [0.4, 0.5) is 5.69 Å². The van der Waals surface area contributed by atoms with Gasteiger partial charge in [-0.15, -0.1) is 0 Å². The Bertz CT molecular complexity index is 809. The first-order valence-electron chi connectivity index (χ1n) is 7.33. The first-order chi connectivity index (χ1) is 11.9. The molecule has 1 amide bonds. The lowest BCUT2D eigenvalue weighted by molar-refractivity contribution is -0.384. The number of rotatable bonds is 7. The highest BCUT2D eigenvalue weighted by Gasteiger charge is 2.18. The minimum atomic E-state index is -0.900. The molecule has 0 fully saturated rings. The molecule has 0 aliphatic rings. The molecule has 0 aromatic heterocycles. The lowest BCUT2D eigenvalue weighted by atomic mass is 10.2. The maximum atomic E-state index is 12.1. The third kappa shape index (κ3) is 4.77. The van der Waals surface area contributed by atoms with Crippen molar-refractivity contribution >= 4 is 29.5 Å². The highest BCUT2D eigenvalue weighted by atomic mass is 35.5. The maximum absolute atomic E-state index is 12.1. The fourth-order valence-corrected chi connectivity index (χ4v) is 2.26. The normalized spacial score (nSPS) is 11.4. The van der Waals surface area contributed by atoms with E-state index in [0.717, 1.165) is 11.6 Å². The van der Waals surface area contributed by atoms with Crippen LogP contribution in [0.1, 0.15) is 22.8 Å². The van der Waals surface area contributed by atoms with Crippen molar-refractivity contribution in [3.63, 3.8) is 0 Å². The van der Waals surface area contributed by atoms with E-state index in [-0.39, 0.29) is 23.5 Å². The molecular formula is C17H15ClN2O5. The topological polar surface area (TPSA) is 98.5 Å². The molecule has 1 atom stereocenters. The SMILES string of the molecule is C[C@@H](Oc1ccc([N+](=O)[O-])cc1C=O)C(=O)NCc1ccccc1Cl. The van der Waals surface area contributed by atoms with Gasteiger partial charge in [0, 0.05) is 23.7 Å². The molecule has 2 aromatic carbocycles. The van der Waals surface area contributed by atoms with E-state index in [1.165, 1.54) is 19.1 Å². The number of nitrogens with one attached hydrogen (secondary N) is 1. The monoisotopic (exact) mass is 362 g/mol. The van der Waals surface area contributed by atoms with E-state index in [9.17, 15) is 19.7 Å². The molecule has 0 spiro atoms. The van der Waals surface area contributed by atoms with Gasteiger partial charge in [0.1, 0.15) is 5.75 Å². The minimum Gasteiger partial charge on any atom is -0.480 e. The molecule has 25 heavy (non-hydrogen) atoms. The molecule has 0 saturated carbocycles. The van der Waals surface area contributed by atoms with Crippen LogP contribution in [-0.4, -0.2) is 23.2 Å². The van der Waals surface area contributed by atoms with Gasteiger partial charge in [0.05, 0.1) is 10.5 Å². The summed E-state index contributed by atoms with van der Waals surface area (Å²) in [6.45, 7) is 1.74. The van der Waals surface area contributed by atoms with Gasteiger partial charge in [0.25, 0.3) is 11.6 Å². The molecule has 8 heteroatoms. The summed E-state index contributed by atoms with van der Waals surface area (Å²) >= 11 is 6.02. The Morgan fingerprint density at radius 2 is 2.08 bits per heavy atom. The van der Waals surface area contributed by atoms with Crippen LogP contribution in [0.25, 0.3) is 0 Å². The summed E-state index contributed by atoms with van der Waals surface area (Å²) in [5.41, 5.74) is 0.527. The highest BCUT2D eigenvalue weighted by Crippen LogP contribution is 2.23. The number of halogens is 1. The Hall–Kier alpha value is -2.93. The second-order valence-electron chi connectivity index (χ2n) is 5.17. The van der Waals surface area contributed by atoms with Crippen molar-refractivity contribution in [2.75, 3.05) is 0 Å². The summed E-state index contributed by atoms with van der Waals surface area (Å²) in [5, 5.41) is 14.0. The Kier molecular flexibility index (Phi) is 6.08. The van der Waals surface area contributed by atoms with Gasteiger partial charge >= 0.3 is 0 Å². The van der Waals surface area contributed by atoms with E-state index < -0.39 is 16.9 Å².